The monoisotopic (exact) mass is 284 g/mol. The van der Waals surface area contributed by atoms with Crippen molar-refractivity contribution in [3.05, 3.63) is 53.5 Å². The highest BCUT2D eigenvalue weighted by Crippen LogP contribution is 2.17. The van der Waals surface area contributed by atoms with Gasteiger partial charge in [0.25, 0.3) is 5.91 Å². The van der Waals surface area contributed by atoms with E-state index in [1.807, 2.05) is 32.0 Å². The first-order valence-corrected chi connectivity index (χ1v) is 6.58. The molecular weight excluding hydrogens is 268 g/mol. The van der Waals surface area contributed by atoms with Crippen LogP contribution in [0.3, 0.4) is 0 Å². The van der Waals surface area contributed by atoms with E-state index < -0.39 is 0 Å². The van der Waals surface area contributed by atoms with Crippen LogP contribution < -0.4 is 10.1 Å². The Hall–Kier alpha value is -2.74. The summed E-state index contributed by atoms with van der Waals surface area (Å²) in [6.45, 7) is 3.53. The lowest BCUT2D eigenvalue weighted by Crippen LogP contribution is -2.31. The number of furan rings is 1. The van der Waals surface area contributed by atoms with Crippen LogP contribution >= 0.6 is 0 Å². The summed E-state index contributed by atoms with van der Waals surface area (Å²) < 4.78 is 10.8. The van der Waals surface area contributed by atoms with Crippen molar-refractivity contribution in [2.24, 2.45) is 0 Å². The lowest BCUT2D eigenvalue weighted by atomic mass is 10.2. The van der Waals surface area contributed by atoms with Crippen LogP contribution in [0.1, 0.15) is 30.0 Å². The lowest BCUT2D eigenvalue weighted by Gasteiger charge is -2.12. The molecule has 1 aromatic carbocycles. The van der Waals surface area contributed by atoms with Crippen LogP contribution in [-0.4, -0.2) is 12.5 Å². The molecule has 21 heavy (non-hydrogen) atoms. The second-order valence-corrected chi connectivity index (χ2v) is 4.63. The summed E-state index contributed by atoms with van der Waals surface area (Å²) in [7, 11) is 0. The fourth-order valence-electron chi connectivity index (χ4n) is 1.87. The predicted octanol–water partition coefficient (Wildman–Crippen LogP) is 2.72. The number of nitrogens with zero attached hydrogens (tertiary/aromatic N) is 1. The van der Waals surface area contributed by atoms with Crippen LogP contribution in [0, 0.1) is 18.3 Å². The second-order valence-electron chi connectivity index (χ2n) is 4.63. The van der Waals surface area contributed by atoms with Crippen LogP contribution in [0.25, 0.3) is 0 Å². The number of para-hydroxylation sites is 1. The van der Waals surface area contributed by atoms with Gasteiger partial charge in [0.05, 0.1) is 11.6 Å². The van der Waals surface area contributed by atoms with Gasteiger partial charge < -0.3 is 14.5 Å². The van der Waals surface area contributed by atoms with Gasteiger partial charge in [-0.25, -0.2) is 0 Å². The summed E-state index contributed by atoms with van der Waals surface area (Å²) in [5, 5.41) is 11.7. The third-order valence-corrected chi connectivity index (χ3v) is 2.93. The Morgan fingerprint density at radius 2 is 2.14 bits per heavy atom. The number of benzene rings is 1. The normalized spacial score (nSPS) is 11.5. The Bertz CT molecular complexity index is 670. The minimum Gasteiger partial charge on any atom is -0.482 e. The van der Waals surface area contributed by atoms with Gasteiger partial charge in [0.2, 0.25) is 0 Å². The first-order chi connectivity index (χ1) is 10.1. The van der Waals surface area contributed by atoms with Gasteiger partial charge in [-0.05, 0) is 38.1 Å². The maximum absolute atomic E-state index is 11.8. The van der Waals surface area contributed by atoms with E-state index in [-0.39, 0.29) is 18.6 Å². The van der Waals surface area contributed by atoms with Gasteiger partial charge >= 0.3 is 0 Å². The number of ether oxygens (including phenoxy) is 1. The molecule has 0 saturated carbocycles. The van der Waals surface area contributed by atoms with Crippen molar-refractivity contribution in [2.75, 3.05) is 6.61 Å². The van der Waals surface area contributed by atoms with Crippen LogP contribution in [0.15, 0.2) is 40.8 Å². The van der Waals surface area contributed by atoms with E-state index in [2.05, 4.69) is 5.32 Å². The highest BCUT2D eigenvalue weighted by Gasteiger charge is 2.13. The number of hydrogen-bond acceptors (Lipinski definition) is 4. The fourth-order valence-corrected chi connectivity index (χ4v) is 1.87. The van der Waals surface area contributed by atoms with Crippen LogP contribution in [0.5, 0.6) is 5.75 Å². The van der Waals surface area contributed by atoms with Crippen molar-refractivity contribution in [1.82, 2.24) is 5.32 Å². The zero-order valence-corrected chi connectivity index (χ0v) is 11.9. The van der Waals surface area contributed by atoms with Crippen molar-refractivity contribution in [1.29, 1.82) is 5.26 Å². The standard InChI is InChI=1S/C16H16N2O3/c1-11-7-8-14(21-11)12(2)18-16(19)10-20-15-6-4-3-5-13(15)9-17/h3-8,12H,10H2,1-2H3,(H,18,19). The molecule has 0 aliphatic rings. The molecule has 108 valence electrons. The van der Waals surface area contributed by atoms with E-state index >= 15 is 0 Å². The highest BCUT2D eigenvalue weighted by molar-refractivity contribution is 5.78. The zero-order valence-electron chi connectivity index (χ0n) is 11.9. The summed E-state index contributed by atoms with van der Waals surface area (Å²) >= 11 is 0. The minimum absolute atomic E-state index is 0.150. The van der Waals surface area contributed by atoms with Crippen molar-refractivity contribution in [3.8, 4) is 11.8 Å². The number of carbonyl (C=O) groups is 1. The molecule has 1 atom stereocenters. The predicted molar refractivity (Wildman–Crippen MR) is 76.7 cm³/mol. The lowest BCUT2D eigenvalue weighted by molar-refractivity contribution is -0.123. The maximum atomic E-state index is 11.8. The van der Waals surface area contributed by atoms with Gasteiger partial charge in [-0.2, -0.15) is 5.26 Å². The molecular formula is C16H16N2O3. The minimum atomic E-state index is -0.274. The molecule has 0 saturated heterocycles. The molecule has 5 nitrogen and oxygen atoms in total. The fraction of sp³-hybridized carbons (Fsp3) is 0.250. The van der Waals surface area contributed by atoms with Gasteiger partial charge in [-0.3, -0.25) is 4.79 Å². The summed E-state index contributed by atoms with van der Waals surface area (Å²) in [5.74, 6) is 1.62. The second kappa shape index (κ2) is 6.62. The quantitative estimate of drug-likeness (QED) is 0.916. The first-order valence-electron chi connectivity index (χ1n) is 6.58. The number of nitriles is 1. The first kappa shape index (κ1) is 14.7. The van der Waals surface area contributed by atoms with Gasteiger partial charge in [-0.15, -0.1) is 0 Å². The maximum Gasteiger partial charge on any atom is 0.258 e. The van der Waals surface area contributed by atoms with E-state index in [0.717, 1.165) is 5.76 Å². The third-order valence-electron chi connectivity index (χ3n) is 2.93. The van der Waals surface area contributed by atoms with E-state index in [4.69, 9.17) is 14.4 Å². The topological polar surface area (TPSA) is 75.3 Å². The molecule has 2 aromatic rings. The smallest absolute Gasteiger partial charge is 0.258 e. The highest BCUT2D eigenvalue weighted by atomic mass is 16.5. The van der Waals surface area contributed by atoms with Gasteiger partial charge in [0, 0.05) is 0 Å². The Balaban J connectivity index is 1.89. The van der Waals surface area contributed by atoms with E-state index in [1.54, 1.807) is 24.3 Å². The zero-order chi connectivity index (χ0) is 15.2. The largest absolute Gasteiger partial charge is 0.482 e. The summed E-state index contributed by atoms with van der Waals surface area (Å²) in [5.41, 5.74) is 0.403. The Morgan fingerprint density at radius 1 is 1.38 bits per heavy atom. The van der Waals surface area contributed by atoms with Crippen LogP contribution in [-0.2, 0) is 4.79 Å². The molecule has 0 bridgehead atoms. The van der Waals surface area contributed by atoms with Crippen molar-refractivity contribution < 1.29 is 13.9 Å². The van der Waals surface area contributed by atoms with E-state index in [9.17, 15) is 4.79 Å². The SMILES string of the molecule is Cc1ccc(C(C)NC(=O)COc2ccccc2C#N)o1. The number of nitrogens with one attached hydrogen (secondary N) is 1. The average Bonchev–Trinajstić information content (AvgIpc) is 2.92. The number of hydrogen-bond donors (Lipinski definition) is 1. The number of carbonyl (C=O) groups excluding carboxylic acids is 1. The molecule has 0 aliphatic heterocycles. The summed E-state index contributed by atoms with van der Waals surface area (Å²) in [6, 6.07) is 12.2. The molecule has 0 aliphatic carbocycles. The molecule has 5 heteroatoms. The van der Waals surface area contributed by atoms with E-state index in [0.29, 0.717) is 17.1 Å². The molecule has 0 spiro atoms. The third kappa shape index (κ3) is 3.86. The number of aryl methyl sites for hydroxylation is 1. The summed E-state index contributed by atoms with van der Waals surface area (Å²) in [6.07, 6.45) is 0. The number of rotatable bonds is 5. The van der Waals surface area contributed by atoms with Crippen molar-refractivity contribution in [2.45, 2.75) is 19.9 Å². The molecule has 0 fully saturated rings. The van der Waals surface area contributed by atoms with Crippen molar-refractivity contribution >= 4 is 5.91 Å². The molecule has 1 amide bonds. The van der Waals surface area contributed by atoms with Gasteiger partial charge in [0.15, 0.2) is 6.61 Å². The molecule has 1 heterocycles. The Kier molecular flexibility index (Phi) is 4.62. The van der Waals surface area contributed by atoms with Gasteiger partial charge in [-0.1, -0.05) is 12.1 Å². The Morgan fingerprint density at radius 3 is 2.81 bits per heavy atom. The number of amides is 1. The molecule has 1 N–H and O–H groups in total. The Labute approximate surface area is 123 Å². The van der Waals surface area contributed by atoms with E-state index in [1.165, 1.54) is 0 Å². The molecule has 1 aromatic heterocycles. The van der Waals surface area contributed by atoms with Crippen LogP contribution in [0.4, 0.5) is 0 Å². The van der Waals surface area contributed by atoms with Crippen molar-refractivity contribution in [3.63, 3.8) is 0 Å². The summed E-state index contributed by atoms with van der Waals surface area (Å²) in [4.78, 5) is 11.8. The average molecular weight is 284 g/mol. The molecule has 1 unspecified atom stereocenters. The molecule has 0 radical (unpaired) electrons. The van der Waals surface area contributed by atoms with Gasteiger partial charge in [0.1, 0.15) is 23.3 Å². The molecule has 2 rings (SSSR count). The van der Waals surface area contributed by atoms with Crippen LogP contribution in [0.2, 0.25) is 0 Å².